The zero-order valence-corrected chi connectivity index (χ0v) is 19.4. The molecule has 0 amide bonds. The van der Waals surface area contributed by atoms with E-state index in [0.29, 0.717) is 12.1 Å². The summed E-state index contributed by atoms with van der Waals surface area (Å²) in [4.78, 5) is 3.94. The number of pyridine rings is 1. The number of nitrogens with zero attached hydrogens (tertiary/aromatic N) is 5. The number of fused-ring (bicyclic) bond motifs is 3. The Bertz CT molecular complexity index is 1320. The van der Waals surface area contributed by atoms with Crippen molar-refractivity contribution in [3.05, 3.63) is 78.9 Å². The van der Waals surface area contributed by atoms with Crippen molar-refractivity contribution in [1.82, 2.24) is 14.1 Å². The van der Waals surface area contributed by atoms with Gasteiger partial charge in [0.2, 0.25) is 0 Å². The topological polar surface area (TPSA) is 30.5 Å². The Balaban J connectivity index is 1.74. The third kappa shape index (κ3) is 2.65. The smallest absolute Gasteiger partial charge is 0.262 e. The van der Waals surface area contributed by atoms with Crippen molar-refractivity contribution in [2.45, 2.75) is 44.7 Å². The Hall–Kier alpha value is -3.28. The molecule has 0 bridgehead atoms. The van der Waals surface area contributed by atoms with E-state index in [9.17, 15) is 4.39 Å². The zero-order chi connectivity index (χ0) is 22.7. The minimum atomic E-state index is -0.312. The number of rotatable bonds is 4. The van der Waals surface area contributed by atoms with Crippen LogP contribution < -0.4 is 9.13 Å². The minimum Gasteiger partial charge on any atom is -0.262 e. The quantitative estimate of drug-likeness (QED) is 0.451. The fourth-order valence-electron chi connectivity index (χ4n) is 5.62. The van der Waals surface area contributed by atoms with E-state index in [0.717, 1.165) is 12.2 Å². The van der Waals surface area contributed by atoms with E-state index in [-0.39, 0.29) is 16.8 Å². The molecule has 5 nitrogen and oxygen atoms in total. The summed E-state index contributed by atoms with van der Waals surface area (Å²) < 4.78 is 23.5. The number of imidazole rings is 2. The van der Waals surface area contributed by atoms with Crippen LogP contribution in [0, 0.1) is 5.82 Å². The number of aromatic nitrogens is 5. The summed E-state index contributed by atoms with van der Waals surface area (Å²) in [5, 5.41) is 0. The molecule has 1 aliphatic rings. The van der Waals surface area contributed by atoms with Crippen molar-refractivity contribution in [3.8, 4) is 22.8 Å². The van der Waals surface area contributed by atoms with Crippen molar-refractivity contribution < 1.29 is 13.5 Å². The maximum Gasteiger partial charge on any atom is 0.291 e. The van der Waals surface area contributed by atoms with Crippen LogP contribution >= 0.6 is 0 Å². The van der Waals surface area contributed by atoms with E-state index >= 15 is 0 Å². The van der Waals surface area contributed by atoms with Crippen molar-refractivity contribution >= 4 is 0 Å². The highest BCUT2D eigenvalue weighted by Gasteiger charge is 2.57. The predicted octanol–water partition coefficient (Wildman–Crippen LogP) is 3.90. The molecule has 0 N–H and O–H groups in total. The van der Waals surface area contributed by atoms with Crippen molar-refractivity contribution in [3.63, 3.8) is 0 Å². The molecule has 2 atom stereocenters. The molecule has 1 aromatic carbocycles. The second kappa shape index (κ2) is 7.12. The van der Waals surface area contributed by atoms with Crippen LogP contribution in [0.2, 0.25) is 0 Å². The van der Waals surface area contributed by atoms with Crippen LogP contribution in [0.3, 0.4) is 0 Å². The lowest BCUT2D eigenvalue weighted by molar-refractivity contribution is -0.660. The molecule has 0 radical (unpaired) electrons. The Morgan fingerprint density at radius 1 is 0.969 bits per heavy atom. The van der Waals surface area contributed by atoms with E-state index in [1.165, 1.54) is 23.1 Å². The van der Waals surface area contributed by atoms with Gasteiger partial charge in [-0.25, -0.2) is 22.7 Å². The van der Waals surface area contributed by atoms with E-state index in [4.69, 9.17) is 0 Å². The third-order valence-corrected chi connectivity index (χ3v) is 7.76. The van der Waals surface area contributed by atoms with Crippen LogP contribution in [-0.2, 0) is 31.6 Å². The molecule has 6 heteroatoms. The van der Waals surface area contributed by atoms with Crippen LogP contribution in [0.4, 0.5) is 4.39 Å². The van der Waals surface area contributed by atoms with Gasteiger partial charge in [0.05, 0.1) is 25.9 Å². The monoisotopic (exact) mass is 431 g/mol. The molecule has 0 aliphatic carbocycles. The molecule has 3 aromatic heterocycles. The molecule has 5 rings (SSSR count). The Morgan fingerprint density at radius 2 is 1.69 bits per heavy atom. The van der Waals surface area contributed by atoms with E-state index in [1.54, 1.807) is 12.3 Å². The zero-order valence-electron chi connectivity index (χ0n) is 19.4. The Labute approximate surface area is 188 Å². The summed E-state index contributed by atoms with van der Waals surface area (Å²) >= 11 is 0. The molecule has 1 aliphatic heterocycles. The van der Waals surface area contributed by atoms with Gasteiger partial charge in [0.1, 0.15) is 36.9 Å². The summed E-state index contributed by atoms with van der Waals surface area (Å²) in [7, 11) is 4.06. The summed E-state index contributed by atoms with van der Waals surface area (Å²) in [5.74, 6) is 1.72. The standard InChI is InChI=1S/C26H30FN5/c1-6-25(2)21-10-8-7-9-19(21)24-30(5)14-16-32(24)26(25,3)18-31-15-13-29(4)23(31)20-11-12-28-17-22(20)27/h7-17H,6,18H2,1-5H3/q+2/t25?,26-/m0/s1. The lowest BCUT2D eigenvalue weighted by Crippen LogP contribution is -2.55. The second-order valence-corrected chi connectivity index (χ2v) is 9.32. The average molecular weight is 432 g/mol. The van der Waals surface area contributed by atoms with Crippen molar-refractivity contribution in [1.29, 1.82) is 0 Å². The van der Waals surface area contributed by atoms with Gasteiger partial charge >= 0.3 is 0 Å². The van der Waals surface area contributed by atoms with Gasteiger partial charge in [-0.1, -0.05) is 32.0 Å². The van der Waals surface area contributed by atoms with Gasteiger partial charge in [-0.15, -0.1) is 0 Å². The first-order valence-corrected chi connectivity index (χ1v) is 11.1. The van der Waals surface area contributed by atoms with Crippen LogP contribution in [0.5, 0.6) is 0 Å². The second-order valence-electron chi connectivity index (χ2n) is 9.32. The molecule has 4 aromatic rings. The minimum absolute atomic E-state index is 0.125. The highest BCUT2D eigenvalue weighted by molar-refractivity contribution is 5.64. The molecular formula is C26H30FN5+2. The normalized spacial score (nSPS) is 21.9. The van der Waals surface area contributed by atoms with Gasteiger partial charge in [-0.3, -0.25) is 4.98 Å². The van der Waals surface area contributed by atoms with Gasteiger partial charge in [-0.05, 0) is 31.0 Å². The molecule has 0 saturated heterocycles. The van der Waals surface area contributed by atoms with Gasteiger partial charge in [0.15, 0.2) is 11.4 Å². The van der Waals surface area contributed by atoms with Gasteiger partial charge in [-0.2, -0.15) is 0 Å². The van der Waals surface area contributed by atoms with Gasteiger partial charge in [0, 0.05) is 11.6 Å². The molecular weight excluding hydrogens is 401 g/mol. The largest absolute Gasteiger partial charge is 0.291 e. The third-order valence-electron chi connectivity index (χ3n) is 7.76. The summed E-state index contributed by atoms with van der Waals surface area (Å²) in [6.07, 6.45) is 12.3. The predicted molar refractivity (Wildman–Crippen MR) is 121 cm³/mol. The first kappa shape index (κ1) is 20.6. The lowest BCUT2D eigenvalue weighted by atomic mass is 9.62. The maximum absolute atomic E-state index is 14.7. The Kier molecular flexibility index (Phi) is 4.59. The summed E-state index contributed by atoms with van der Waals surface area (Å²) in [6.45, 7) is 7.67. The number of halogens is 1. The van der Waals surface area contributed by atoms with E-state index < -0.39 is 0 Å². The Morgan fingerprint density at radius 3 is 2.44 bits per heavy atom. The highest BCUT2D eigenvalue weighted by Crippen LogP contribution is 2.52. The molecule has 0 fully saturated rings. The summed E-state index contributed by atoms with van der Waals surface area (Å²) in [5.41, 5.74) is 2.79. The average Bonchev–Trinajstić information content (AvgIpc) is 3.35. The van der Waals surface area contributed by atoms with Crippen LogP contribution in [0.15, 0.2) is 67.5 Å². The van der Waals surface area contributed by atoms with Gasteiger partial charge in [0.25, 0.3) is 11.6 Å². The SMILES string of the molecule is CCC1(C)c2ccccc2-c2n(cc[n+]2C)[C@@]1(C)Cn1cc[n+](C)c1-c1ccncc1F. The highest BCUT2D eigenvalue weighted by atomic mass is 19.1. The molecule has 32 heavy (non-hydrogen) atoms. The van der Waals surface area contributed by atoms with Crippen molar-refractivity contribution in [2.24, 2.45) is 14.1 Å². The fraction of sp³-hybridized carbons (Fsp3) is 0.346. The van der Waals surface area contributed by atoms with Crippen LogP contribution in [0.25, 0.3) is 22.8 Å². The molecule has 164 valence electrons. The lowest BCUT2D eigenvalue weighted by Gasteiger charge is -2.46. The molecule has 4 heterocycles. The first-order valence-electron chi connectivity index (χ1n) is 11.1. The summed E-state index contributed by atoms with van der Waals surface area (Å²) in [6, 6.07) is 10.5. The fourth-order valence-corrected chi connectivity index (χ4v) is 5.62. The van der Waals surface area contributed by atoms with E-state index in [2.05, 4.69) is 89.4 Å². The maximum atomic E-state index is 14.7. The number of aryl methyl sites for hydroxylation is 2. The first-order chi connectivity index (χ1) is 15.3. The number of hydrogen-bond acceptors (Lipinski definition) is 1. The van der Waals surface area contributed by atoms with Crippen LogP contribution in [-0.4, -0.2) is 14.1 Å². The molecule has 0 spiro atoms. The van der Waals surface area contributed by atoms with E-state index in [1.807, 2.05) is 17.8 Å². The molecule has 0 saturated carbocycles. The van der Waals surface area contributed by atoms with Crippen molar-refractivity contribution in [2.75, 3.05) is 0 Å². The number of benzene rings is 1. The number of hydrogen-bond donors (Lipinski definition) is 0. The molecule has 1 unspecified atom stereocenters. The van der Waals surface area contributed by atoms with Gasteiger partial charge < -0.3 is 0 Å². The van der Waals surface area contributed by atoms with Crippen LogP contribution in [0.1, 0.15) is 32.8 Å².